The van der Waals surface area contributed by atoms with Gasteiger partial charge in [0, 0.05) is 31.4 Å². The van der Waals surface area contributed by atoms with Crippen molar-refractivity contribution in [2.75, 3.05) is 19.8 Å². The average Bonchev–Trinajstić information content (AvgIpc) is 2.99. The number of allylic oxidation sites excluding steroid dienone is 1. The monoisotopic (exact) mass is 546 g/mol. The van der Waals surface area contributed by atoms with Gasteiger partial charge in [-0.05, 0) is 67.7 Å². The molecule has 40 heavy (non-hydrogen) atoms. The van der Waals surface area contributed by atoms with Crippen LogP contribution in [-0.4, -0.2) is 43.0 Å². The number of rotatable bonds is 14. The van der Waals surface area contributed by atoms with Crippen molar-refractivity contribution >= 4 is 22.6 Å². The molecule has 1 fully saturated rings. The molecule has 1 aliphatic heterocycles. The SMILES string of the molecule is O=C(CCCCC=C(COc1cccc2ccccc12)C(=O)NCCc1ccc(O)cc1)NOC1CCCCO1. The van der Waals surface area contributed by atoms with E-state index in [1.165, 1.54) is 0 Å². The first-order valence-electron chi connectivity index (χ1n) is 14.0. The lowest BCUT2D eigenvalue weighted by Crippen LogP contribution is -2.32. The molecule has 3 aromatic rings. The number of aromatic hydroxyl groups is 1. The van der Waals surface area contributed by atoms with Crippen molar-refractivity contribution in [1.29, 1.82) is 0 Å². The topological polar surface area (TPSA) is 106 Å². The Balaban J connectivity index is 1.28. The predicted molar refractivity (Wildman–Crippen MR) is 154 cm³/mol. The number of hydroxylamine groups is 1. The van der Waals surface area contributed by atoms with Gasteiger partial charge in [0.2, 0.25) is 11.8 Å². The Kier molecular flexibility index (Phi) is 11.4. The summed E-state index contributed by atoms with van der Waals surface area (Å²) in [4.78, 5) is 30.5. The highest BCUT2D eigenvalue weighted by Gasteiger charge is 2.16. The Bertz CT molecular complexity index is 1260. The lowest BCUT2D eigenvalue weighted by atomic mass is 10.1. The molecular weight excluding hydrogens is 508 g/mol. The molecule has 0 radical (unpaired) electrons. The highest BCUT2D eigenvalue weighted by atomic mass is 16.8. The lowest BCUT2D eigenvalue weighted by molar-refractivity contribution is -0.200. The van der Waals surface area contributed by atoms with E-state index in [1.54, 1.807) is 12.1 Å². The van der Waals surface area contributed by atoms with Crippen molar-refractivity contribution in [1.82, 2.24) is 10.8 Å². The van der Waals surface area contributed by atoms with Crippen LogP contribution in [0.25, 0.3) is 10.8 Å². The fourth-order valence-corrected chi connectivity index (χ4v) is 4.48. The first-order valence-corrected chi connectivity index (χ1v) is 14.0. The van der Waals surface area contributed by atoms with Crippen LogP contribution in [-0.2, 0) is 25.6 Å². The molecule has 3 N–H and O–H groups in total. The predicted octanol–water partition coefficient (Wildman–Crippen LogP) is 5.34. The van der Waals surface area contributed by atoms with Crippen LogP contribution in [0.2, 0.25) is 0 Å². The third-order valence-electron chi connectivity index (χ3n) is 6.75. The fraction of sp³-hybridized carbons (Fsp3) is 0.375. The maximum absolute atomic E-state index is 13.1. The van der Waals surface area contributed by atoms with Crippen molar-refractivity contribution in [3.8, 4) is 11.5 Å². The Morgan fingerprint density at radius 3 is 2.65 bits per heavy atom. The minimum atomic E-state index is -0.363. The second kappa shape index (κ2) is 15.6. The number of ether oxygens (including phenoxy) is 2. The van der Waals surface area contributed by atoms with E-state index < -0.39 is 0 Å². The summed E-state index contributed by atoms with van der Waals surface area (Å²) >= 11 is 0. The lowest BCUT2D eigenvalue weighted by Gasteiger charge is -2.22. The van der Waals surface area contributed by atoms with Gasteiger partial charge in [-0.25, -0.2) is 10.3 Å². The van der Waals surface area contributed by atoms with Gasteiger partial charge in [0.05, 0.1) is 5.57 Å². The van der Waals surface area contributed by atoms with E-state index in [9.17, 15) is 14.7 Å². The first-order chi connectivity index (χ1) is 19.6. The summed E-state index contributed by atoms with van der Waals surface area (Å²) in [7, 11) is 0. The number of carbonyl (C=O) groups is 2. The molecule has 1 saturated heterocycles. The van der Waals surface area contributed by atoms with Crippen LogP contribution in [0, 0.1) is 0 Å². The third kappa shape index (κ3) is 9.39. The molecular formula is C32H38N2O6. The zero-order valence-corrected chi connectivity index (χ0v) is 22.8. The number of hydrogen-bond acceptors (Lipinski definition) is 6. The zero-order chi connectivity index (χ0) is 28.0. The number of unbranched alkanes of at least 4 members (excludes halogenated alkanes) is 2. The number of phenolic OH excluding ortho intramolecular Hbond substituents is 1. The van der Waals surface area contributed by atoms with Crippen LogP contribution in [0.15, 0.2) is 78.4 Å². The van der Waals surface area contributed by atoms with Crippen LogP contribution in [0.1, 0.15) is 50.5 Å². The van der Waals surface area contributed by atoms with E-state index in [0.717, 1.165) is 47.8 Å². The maximum atomic E-state index is 13.1. The second-order valence-electron chi connectivity index (χ2n) is 9.85. The molecule has 1 unspecified atom stereocenters. The van der Waals surface area contributed by atoms with Gasteiger partial charge in [-0.2, -0.15) is 0 Å². The highest BCUT2D eigenvalue weighted by molar-refractivity contribution is 5.94. The van der Waals surface area contributed by atoms with Gasteiger partial charge in [0.25, 0.3) is 0 Å². The van der Waals surface area contributed by atoms with E-state index in [2.05, 4.69) is 10.8 Å². The second-order valence-corrected chi connectivity index (χ2v) is 9.85. The van der Waals surface area contributed by atoms with Gasteiger partial charge in [0.1, 0.15) is 18.1 Å². The van der Waals surface area contributed by atoms with Crippen molar-refractivity contribution < 1.29 is 29.0 Å². The average molecular weight is 547 g/mol. The van der Waals surface area contributed by atoms with Crippen molar-refractivity contribution in [3.63, 3.8) is 0 Å². The largest absolute Gasteiger partial charge is 0.508 e. The smallest absolute Gasteiger partial charge is 0.250 e. The van der Waals surface area contributed by atoms with Gasteiger partial charge in [0.15, 0.2) is 6.29 Å². The fourth-order valence-electron chi connectivity index (χ4n) is 4.48. The third-order valence-corrected chi connectivity index (χ3v) is 6.75. The summed E-state index contributed by atoms with van der Waals surface area (Å²) in [6, 6.07) is 20.8. The number of amides is 2. The zero-order valence-electron chi connectivity index (χ0n) is 22.8. The van der Waals surface area contributed by atoms with Gasteiger partial charge >= 0.3 is 0 Å². The number of hydrogen-bond donors (Lipinski definition) is 3. The molecule has 0 saturated carbocycles. The molecule has 2 amide bonds. The first kappa shape index (κ1) is 29.1. The Morgan fingerprint density at radius 2 is 1.82 bits per heavy atom. The standard InChI is InChI=1S/C32H38N2O6/c35-27-18-16-24(17-19-27)20-21-33-32(37)26(23-39-29-13-8-11-25-9-4-5-12-28(25)29)10-2-1-3-14-30(36)34-40-31-15-6-7-22-38-31/h4-5,8-13,16-19,31,35H,1-3,6-7,14-15,20-23H2,(H,33,37)(H,34,36). The van der Waals surface area contributed by atoms with Gasteiger partial charge in [-0.3, -0.25) is 9.59 Å². The van der Waals surface area contributed by atoms with Crippen LogP contribution in [0.4, 0.5) is 0 Å². The number of benzene rings is 3. The van der Waals surface area contributed by atoms with E-state index in [0.29, 0.717) is 44.4 Å². The molecule has 8 heteroatoms. The Labute approximate surface area is 235 Å². The van der Waals surface area contributed by atoms with Crippen LogP contribution in [0.5, 0.6) is 11.5 Å². The maximum Gasteiger partial charge on any atom is 0.250 e. The summed E-state index contributed by atoms with van der Waals surface area (Å²) in [5.41, 5.74) is 4.05. The number of fused-ring (bicyclic) bond motifs is 1. The number of carbonyl (C=O) groups excluding carboxylic acids is 2. The molecule has 0 aromatic heterocycles. The molecule has 3 aromatic carbocycles. The van der Waals surface area contributed by atoms with Crippen molar-refractivity contribution in [3.05, 3.63) is 83.9 Å². The Morgan fingerprint density at radius 1 is 1.00 bits per heavy atom. The summed E-state index contributed by atoms with van der Waals surface area (Å²) in [6.07, 6.45) is 7.39. The van der Waals surface area contributed by atoms with Crippen LogP contribution in [0.3, 0.4) is 0 Å². The van der Waals surface area contributed by atoms with Crippen molar-refractivity contribution in [2.24, 2.45) is 0 Å². The minimum Gasteiger partial charge on any atom is -0.508 e. The van der Waals surface area contributed by atoms with E-state index in [-0.39, 0.29) is 30.5 Å². The van der Waals surface area contributed by atoms with Crippen LogP contribution >= 0.6 is 0 Å². The molecule has 8 nitrogen and oxygen atoms in total. The summed E-state index contributed by atoms with van der Waals surface area (Å²) in [5, 5.41) is 14.5. The van der Waals surface area contributed by atoms with Gasteiger partial charge in [-0.1, -0.05) is 54.6 Å². The van der Waals surface area contributed by atoms with Crippen LogP contribution < -0.4 is 15.5 Å². The van der Waals surface area contributed by atoms with E-state index in [4.69, 9.17) is 14.3 Å². The normalized spacial score (nSPS) is 15.5. The molecule has 212 valence electrons. The quantitative estimate of drug-likeness (QED) is 0.143. The van der Waals surface area contributed by atoms with Crippen molar-refractivity contribution in [2.45, 2.75) is 57.7 Å². The Hall–Kier alpha value is -3.88. The van der Waals surface area contributed by atoms with Gasteiger partial charge in [-0.15, -0.1) is 0 Å². The molecule has 1 aliphatic rings. The van der Waals surface area contributed by atoms with E-state index in [1.807, 2.05) is 60.7 Å². The van der Waals surface area contributed by atoms with E-state index >= 15 is 0 Å². The molecule has 0 spiro atoms. The number of nitrogens with one attached hydrogen (secondary N) is 2. The highest BCUT2D eigenvalue weighted by Crippen LogP contribution is 2.25. The molecule has 4 rings (SSSR count). The molecule has 1 heterocycles. The van der Waals surface area contributed by atoms with Gasteiger partial charge < -0.3 is 19.9 Å². The molecule has 1 atom stereocenters. The molecule has 0 aliphatic carbocycles. The minimum absolute atomic E-state index is 0.134. The number of phenols is 1. The summed E-state index contributed by atoms with van der Waals surface area (Å²) in [6.45, 7) is 1.25. The molecule has 0 bridgehead atoms. The summed E-state index contributed by atoms with van der Waals surface area (Å²) < 4.78 is 11.6. The summed E-state index contributed by atoms with van der Waals surface area (Å²) in [5.74, 6) is 0.577.